The molecule has 0 bridgehead atoms. The molecule has 0 unspecified atom stereocenters. The Morgan fingerprint density at radius 3 is 2.57 bits per heavy atom. The predicted molar refractivity (Wildman–Crippen MR) is 102 cm³/mol. The molecule has 0 atom stereocenters. The van der Waals surface area contributed by atoms with Gasteiger partial charge in [-0.1, -0.05) is 13.8 Å². The average molecular weight is 380 g/mol. The first-order valence-corrected chi connectivity index (χ1v) is 9.15. The third kappa shape index (κ3) is 3.19. The molecule has 28 heavy (non-hydrogen) atoms. The van der Waals surface area contributed by atoms with Crippen LogP contribution < -0.4 is 14.8 Å². The van der Waals surface area contributed by atoms with E-state index in [0.29, 0.717) is 40.8 Å². The second kappa shape index (κ2) is 6.99. The second-order valence-corrected chi connectivity index (χ2v) is 7.23. The Kier molecular flexibility index (Phi) is 4.50. The summed E-state index contributed by atoms with van der Waals surface area (Å²) in [6, 6.07) is 9.68. The molecular formula is C21H20N2O5. The summed E-state index contributed by atoms with van der Waals surface area (Å²) in [5.74, 6) is 0.547. The van der Waals surface area contributed by atoms with E-state index in [2.05, 4.69) is 5.32 Å². The van der Waals surface area contributed by atoms with Gasteiger partial charge in [0.2, 0.25) is 6.79 Å². The fourth-order valence-corrected chi connectivity index (χ4v) is 3.20. The molecule has 4 rings (SSSR count). The number of benzene rings is 2. The maximum absolute atomic E-state index is 12.6. The lowest BCUT2D eigenvalue weighted by Gasteiger charge is -2.14. The number of hydrogen-bond acceptors (Lipinski definition) is 5. The van der Waals surface area contributed by atoms with Crippen LogP contribution in [0.1, 0.15) is 51.3 Å². The maximum atomic E-state index is 12.6. The molecule has 2 aliphatic rings. The summed E-state index contributed by atoms with van der Waals surface area (Å²) < 4.78 is 10.6. The molecule has 0 saturated carbocycles. The van der Waals surface area contributed by atoms with E-state index in [4.69, 9.17) is 9.47 Å². The summed E-state index contributed by atoms with van der Waals surface area (Å²) >= 11 is 0. The lowest BCUT2D eigenvalue weighted by molar-refractivity contribution is 0.0647. The van der Waals surface area contributed by atoms with Crippen molar-refractivity contribution in [2.75, 3.05) is 18.7 Å². The van der Waals surface area contributed by atoms with Gasteiger partial charge in [-0.05, 0) is 42.7 Å². The first kappa shape index (κ1) is 18.0. The van der Waals surface area contributed by atoms with Crippen molar-refractivity contribution in [3.63, 3.8) is 0 Å². The third-order valence-corrected chi connectivity index (χ3v) is 4.79. The van der Waals surface area contributed by atoms with E-state index in [1.165, 1.54) is 11.0 Å². The van der Waals surface area contributed by atoms with Gasteiger partial charge in [0.15, 0.2) is 11.5 Å². The van der Waals surface area contributed by atoms with Gasteiger partial charge < -0.3 is 14.8 Å². The zero-order chi connectivity index (χ0) is 19.8. The predicted octanol–water partition coefficient (Wildman–Crippen LogP) is 3.31. The van der Waals surface area contributed by atoms with Gasteiger partial charge in [0, 0.05) is 23.9 Å². The van der Waals surface area contributed by atoms with Crippen molar-refractivity contribution in [2.24, 2.45) is 5.92 Å². The highest BCUT2D eigenvalue weighted by atomic mass is 16.7. The van der Waals surface area contributed by atoms with Gasteiger partial charge >= 0.3 is 0 Å². The van der Waals surface area contributed by atoms with Gasteiger partial charge in [-0.15, -0.1) is 0 Å². The molecule has 7 nitrogen and oxygen atoms in total. The molecule has 144 valence electrons. The number of fused-ring (bicyclic) bond motifs is 2. The third-order valence-electron chi connectivity index (χ3n) is 4.79. The quantitative estimate of drug-likeness (QED) is 0.805. The largest absolute Gasteiger partial charge is 0.454 e. The zero-order valence-electron chi connectivity index (χ0n) is 15.7. The Labute approximate surface area is 162 Å². The van der Waals surface area contributed by atoms with Crippen molar-refractivity contribution >= 4 is 23.4 Å². The Bertz CT molecular complexity index is 983. The molecule has 2 heterocycles. The second-order valence-electron chi connectivity index (χ2n) is 7.23. The highest BCUT2D eigenvalue weighted by Gasteiger charge is 2.35. The SMILES string of the molecule is CC(C)CCN1C(=O)c2ccc(C(=O)Nc3ccc4c(c3)OCO4)cc2C1=O. The summed E-state index contributed by atoms with van der Waals surface area (Å²) in [4.78, 5) is 39.0. The molecule has 3 amide bonds. The summed E-state index contributed by atoms with van der Waals surface area (Å²) in [6.45, 7) is 4.61. The zero-order valence-corrected chi connectivity index (χ0v) is 15.7. The number of carbonyl (C=O) groups excluding carboxylic acids is 3. The minimum absolute atomic E-state index is 0.154. The van der Waals surface area contributed by atoms with Crippen molar-refractivity contribution in [2.45, 2.75) is 20.3 Å². The maximum Gasteiger partial charge on any atom is 0.261 e. The van der Waals surface area contributed by atoms with Crippen LogP contribution in [-0.4, -0.2) is 36.0 Å². The van der Waals surface area contributed by atoms with Crippen LogP contribution in [-0.2, 0) is 0 Å². The molecule has 1 N–H and O–H groups in total. The molecule has 7 heteroatoms. The first-order valence-electron chi connectivity index (χ1n) is 9.15. The minimum Gasteiger partial charge on any atom is -0.454 e. The van der Waals surface area contributed by atoms with Gasteiger partial charge in [-0.3, -0.25) is 19.3 Å². The summed E-state index contributed by atoms with van der Waals surface area (Å²) in [5.41, 5.74) is 1.47. The van der Waals surface area contributed by atoms with Gasteiger partial charge in [0.1, 0.15) is 0 Å². The smallest absolute Gasteiger partial charge is 0.261 e. The number of carbonyl (C=O) groups is 3. The normalized spacial score (nSPS) is 14.6. The number of nitrogens with zero attached hydrogens (tertiary/aromatic N) is 1. The van der Waals surface area contributed by atoms with Crippen LogP contribution in [0.15, 0.2) is 36.4 Å². The molecule has 2 aromatic rings. The average Bonchev–Trinajstić information content (AvgIpc) is 3.23. The van der Waals surface area contributed by atoms with Gasteiger partial charge in [-0.2, -0.15) is 0 Å². The highest BCUT2D eigenvalue weighted by Crippen LogP contribution is 2.34. The molecule has 0 fully saturated rings. The van der Waals surface area contributed by atoms with Crippen molar-refractivity contribution in [3.05, 3.63) is 53.1 Å². The molecule has 2 aromatic carbocycles. The number of rotatable bonds is 5. The molecule has 0 spiro atoms. The van der Waals surface area contributed by atoms with Crippen molar-refractivity contribution in [1.82, 2.24) is 4.90 Å². The number of nitrogens with one attached hydrogen (secondary N) is 1. The van der Waals surface area contributed by atoms with Crippen LogP contribution >= 0.6 is 0 Å². The topological polar surface area (TPSA) is 84.9 Å². The number of ether oxygens (including phenoxy) is 2. The summed E-state index contributed by atoms with van der Waals surface area (Å²) in [6.07, 6.45) is 0.739. The Morgan fingerprint density at radius 2 is 1.79 bits per heavy atom. The van der Waals surface area contributed by atoms with Crippen molar-refractivity contribution in [1.29, 1.82) is 0 Å². The summed E-state index contributed by atoms with van der Waals surface area (Å²) in [7, 11) is 0. The van der Waals surface area contributed by atoms with E-state index in [1.54, 1.807) is 30.3 Å². The van der Waals surface area contributed by atoms with Crippen LogP contribution in [0.25, 0.3) is 0 Å². The van der Waals surface area contributed by atoms with E-state index in [1.807, 2.05) is 13.8 Å². The van der Waals surface area contributed by atoms with Crippen LogP contribution in [0.5, 0.6) is 11.5 Å². The standard InChI is InChI=1S/C21H20N2O5/c1-12(2)7-8-23-20(25)15-5-3-13(9-16(15)21(23)26)19(24)22-14-4-6-17-18(10-14)28-11-27-17/h3-6,9-10,12H,7-8,11H2,1-2H3,(H,22,24). The van der Waals surface area contributed by atoms with E-state index in [0.717, 1.165) is 6.42 Å². The molecule has 0 saturated heterocycles. The molecule has 0 aliphatic carbocycles. The molecule has 0 aromatic heterocycles. The van der Waals surface area contributed by atoms with Gasteiger partial charge in [0.05, 0.1) is 11.1 Å². The van der Waals surface area contributed by atoms with E-state index < -0.39 is 0 Å². The molecular weight excluding hydrogens is 360 g/mol. The fraction of sp³-hybridized carbons (Fsp3) is 0.286. The van der Waals surface area contributed by atoms with E-state index >= 15 is 0 Å². The molecule has 2 aliphatic heterocycles. The van der Waals surface area contributed by atoms with E-state index in [-0.39, 0.29) is 30.1 Å². The number of amides is 3. The van der Waals surface area contributed by atoms with Gasteiger partial charge in [-0.25, -0.2) is 0 Å². The number of imide groups is 1. The van der Waals surface area contributed by atoms with Crippen molar-refractivity contribution in [3.8, 4) is 11.5 Å². The van der Waals surface area contributed by atoms with Crippen LogP contribution in [0.4, 0.5) is 5.69 Å². The fourth-order valence-electron chi connectivity index (χ4n) is 3.20. The minimum atomic E-state index is -0.373. The number of anilines is 1. The Hall–Kier alpha value is -3.35. The monoisotopic (exact) mass is 380 g/mol. The molecule has 0 radical (unpaired) electrons. The first-order chi connectivity index (χ1) is 13.4. The highest BCUT2D eigenvalue weighted by molar-refractivity contribution is 6.22. The van der Waals surface area contributed by atoms with Crippen LogP contribution in [0.3, 0.4) is 0 Å². The summed E-state index contributed by atoms with van der Waals surface area (Å²) in [5, 5.41) is 2.77. The Balaban J connectivity index is 1.52. The van der Waals surface area contributed by atoms with Crippen molar-refractivity contribution < 1.29 is 23.9 Å². The van der Waals surface area contributed by atoms with Crippen LogP contribution in [0.2, 0.25) is 0 Å². The van der Waals surface area contributed by atoms with Gasteiger partial charge in [0.25, 0.3) is 17.7 Å². The lowest BCUT2D eigenvalue weighted by atomic mass is 10.1. The van der Waals surface area contributed by atoms with E-state index in [9.17, 15) is 14.4 Å². The van der Waals surface area contributed by atoms with Crippen LogP contribution in [0, 0.1) is 5.92 Å². The lowest BCUT2D eigenvalue weighted by Crippen LogP contribution is -2.31. The number of hydrogen-bond donors (Lipinski definition) is 1. The Morgan fingerprint density at radius 1 is 1.04 bits per heavy atom.